The maximum atomic E-state index is 5.73. The van der Waals surface area contributed by atoms with Crippen molar-refractivity contribution in [2.75, 3.05) is 0 Å². The Morgan fingerprint density at radius 1 is 0.326 bits per heavy atom. The maximum absolute atomic E-state index is 5.73. The first-order chi connectivity index (χ1) is 44.4. The van der Waals surface area contributed by atoms with Crippen molar-refractivity contribution in [2.24, 2.45) is 14.1 Å². The quantitative estimate of drug-likeness (QED) is 0.119. The van der Waals surface area contributed by atoms with Gasteiger partial charge in [0, 0.05) is 54.2 Å². The largest absolute Gasteiger partial charge is 2.00 e. The van der Waals surface area contributed by atoms with Gasteiger partial charge in [0.1, 0.15) is 25.1 Å². The molecule has 18 aromatic rings. The van der Waals surface area contributed by atoms with Crippen LogP contribution in [0.25, 0.3) is 168 Å². The Bertz CT molecular complexity index is 5700. The Morgan fingerprint density at radius 3 is 1.48 bits per heavy atom. The van der Waals surface area contributed by atoms with E-state index in [0.717, 1.165) is 145 Å². The molecule has 0 N–H and O–H groups in total. The number of para-hydroxylation sites is 1. The first-order valence-corrected chi connectivity index (χ1v) is 28.8. The third-order valence-electron chi connectivity index (χ3n) is 16.2. The molecule has 0 saturated heterocycles. The molecule has 92 heavy (non-hydrogen) atoms. The van der Waals surface area contributed by atoms with E-state index in [0.29, 0.717) is 23.6 Å². The van der Waals surface area contributed by atoms with E-state index in [1.807, 2.05) is 117 Å². The third-order valence-corrected chi connectivity index (χ3v) is 16.2. The molecule has 0 aliphatic rings. The van der Waals surface area contributed by atoms with Gasteiger partial charge in [0.25, 0.3) is 0 Å². The number of benzene rings is 8. The van der Waals surface area contributed by atoms with Crippen LogP contribution < -0.4 is 0 Å². The molecular formula is C74H44N12O4Pt2. The predicted molar refractivity (Wildman–Crippen MR) is 345 cm³/mol. The van der Waals surface area contributed by atoms with Gasteiger partial charge in [0.2, 0.25) is 23.6 Å². The van der Waals surface area contributed by atoms with Gasteiger partial charge in [0.05, 0.1) is 58.5 Å². The molecule has 18 rings (SSSR count). The van der Waals surface area contributed by atoms with E-state index in [4.69, 9.17) is 27.6 Å². The van der Waals surface area contributed by atoms with Crippen LogP contribution in [0.1, 0.15) is 0 Å². The maximum Gasteiger partial charge on any atom is 2.00 e. The Kier molecular flexibility index (Phi) is 14.7. The molecule has 0 saturated carbocycles. The van der Waals surface area contributed by atoms with E-state index in [9.17, 15) is 0 Å². The number of nitrogens with zero attached hydrogens (tertiary/aromatic N) is 12. The zero-order valence-electron chi connectivity index (χ0n) is 48.6. The number of imidazole rings is 2. The zero-order chi connectivity index (χ0) is 59.8. The van der Waals surface area contributed by atoms with Crippen molar-refractivity contribution < 1.29 is 59.8 Å². The molecular weight excluding hydrogens is 1510 g/mol. The number of aryl methyl sites for hydroxylation is 2. The summed E-state index contributed by atoms with van der Waals surface area (Å²) >= 11 is 0. The van der Waals surface area contributed by atoms with E-state index in [2.05, 4.69) is 139 Å². The Morgan fingerprint density at radius 2 is 0.848 bits per heavy atom. The zero-order valence-corrected chi connectivity index (χ0v) is 53.1. The summed E-state index contributed by atoms with van der Waals surface area (Å²) in [7, 11) is 4.04. The van der Waals surface area contributed by atoms with Gasteiger partial charge in [0.15, 0.2) is 0 Å². The minimum Gasteiger partial charge on any atom is -0.446 e. The van der Waals surface area contributed by atoms with Crippen molar-refractivity contribution in [3.05, 3.63) is 256 Å². The van der Waals surface area contributed by atoms with Gasteiger partial charge in [-0.1, -0.05) is 53.2 Å². The van der Waals surface area contributed by atoms with Crippen LogP contribution in [-0.2, 0) is 56.2 Å². The van der Waals surface area contributed by atoms with Crippen LogP contribution in [0.3, 0.4) is 0 Å². The molecule has 0 atom stereocenters. The average Bonchev–Trinajstić information content (AvgIpc) is 1.61. The van der Waals surface area contributed by atoms with Gasteiger partial charge in [-0.15, -0.1) is 101 Å². The minimum absolute atomic E-state index is 0. The number of hydrogen-bond acceptors (Lipinski definition) is 12. The van der Waals surface area contributed by atoms with Crippen LogP contribution in [-0.4, -0.2) is 58.1 Å². The number of hydrogen-bond donors (Lipinski definition) is 0. The normalized spacial score (nSPS) is 11.4. The SMILES string of the molecule is Cn1c(-c2[c-]c3c(cc2)c2cc(-c4ncco4)ccc2n3-c2[c-]c(-c3ccccn3)ccc2)nc2cc(-c3ncco3)ccc21.Cn1c(-c2[c-]c3c(cc2)c2ccccc2n3-c2[c-]c(-c3ccccn3)cc(-c3ncco3)c2)nc2ccc(-c3ncco3)cc21.[Pt+2].[Pt+2]. The van der Waals surface area contributed by atoms with Gasteiger partial charge in [-0.2, -0.15) is 0 Å². The fourth-order valence-corrected chi connectivity index (χ4v) is 12.0. The molecule has 0 spiro atoms. The van der Waals surface area contributed by atoms with Gasteiger partial charge < -0.3 is 45.9 Å². The number of rotatable bonds is 10. The molecule has 0 bridgehead atoms. The van der Waals surface area contributed by atoms with Crippen LogP contribution in [0.15, 0.2) is 250 Å². The fourth-order valence-electron chi connectivity index (χ4n) is 12.0. The summed E-state index contributed by atoms with van der Waals surface area (Å²) in [5, 5.41) is 4.29. The van der Waals surface area contributed by atoms with Gasteiger partial charge in [-0.05, 0) is 123 Å². The van der Waals surface area contributed by atoms with E-state index >= 15 is 0 Å². The first kappa shape index (κ1) is 57.3. The summed E-state index contributed by atoms with van der Waals surface area (Å²) in [6.07, 6.45) is 16.5. The molecule has 16 nitrogen and oxygen atoms in total. The van der Waals surface area contributed by atoms with E-state index in [1.54, 1.807) is 62.2 Å². The van der Waals surface area contributed by atoms with Crippen molar-refractivity contribution in [1.29, 1.82) is 0 Å². The Balaban J connectivity index is 0.000000149. The molecule has 18 heteroatoms. The first-order valence-electron chi connectivity index (χ1n) is 28.8. The second kappa shape index (κ2) is 23.6. The monoisotopic (exact) mass is 1550 g/mol. The second-order valence-corrected chi connectivity index (χ2v) is 21.5. The van der Waals surface area contributed by atoms with Gasteiger partial charge >= 0.3 is 42.1 Å². The topological polar surface area (TPSA) is 175 Å². The van der Waals surface area contributed by atoms with Crippen LogP contribution >= 0.6 is 0 Å². The number of oxazole rings is 4. The molecule has 8 aromatic carbocycles. The number of pyridine rings is 2. The van der Waals surface area contributed by atoms with Crippen molar-refractivity contribution in [3.8, 4) is 102 Å². The van der Waals surface area contributed by atoms with Crippen LogP contribution in [0.5, 0.6) is 0 Å². The standard InChI is InChI=1S/2C37H22N6O2.2Pt/c1-42-33-13-10-26(37-40-16-18-45-37)21-31(33)41-35(42)24-8-11-28-29-20-25(36-39-15-17-44-36)9-12-32(29)43(34(28)22-24)27-6-4-5-23(19-27)30-7-2-3-14-38-30;1-42-34-22-24(36-39-14-16-44-36)10-12-31(34)41-35(42)23-9-11-29-28-6-2-3-8-32(28)43(33(29)21-23)27-19-25(30-7-4-5-13-38-30)18-26(20-27)37-40-15-17-45-37;;/h2-18,20-21H,1H3;2-18,20,22H,1H3;;/q2*-2;2*+2. The third kappa shape index (κ3) is 9.97. The van der Waals surface area contributed by atoms with Crippen LogP contribution in [0, 0.1) is 24.3 Å². The van der Waals surface area contributed by atoms with E-state index in [1.165, 1.54) is 0 Å². The molecule has 0 amide bonds. The van der Waals surface area contributed by atoms with Crippen LogP contribution in [0.2, 0.25) is 0 Å². The van der Waals surface area contributed by atoms with Gasteiger partial charge in [-0.3, -0.25) is 9.97 Å². The van der Waals surface area contributed by atoms with E-state index in [-0.39, 0.29) is 42.1 Å². The fraction of sp³-hybridized carbons (Fsp3) is 0.0270. The molecule has 0 aliphatic heterocycles. The molecule has 0 unspecified atom stereocenters. The van der Waals surface area contributed by atoms with Gasteiger partial charge in [-0.25, -0.2) is 19.9 Å². The number of fused-ring (bicyclic) bond motifs is 8. The number of aromatic nitrogens is 12. The summed E-state index contributed by atoms with van der Waals surface area (Å²) in [6.45, 7) is 0. The summed E-state index contributed by atoms with van der Waals surface area (Å²) in [5.41, 5.74) is 17.9. The molecule has 0 aliphatic carbocycles. The minimum atomic E-state index is 0. The molecule has 444 valence electrons. The van der Waals surface area contributed by atoms with Crippen molar-refractivity contribution in [3.63, 3.8) is 0 Å². The van der Waals surface area contributed by atoms with Crippen LogP contribution in [0.4, 0.5) is 0 Å². The second-order valence-electron chi connectivity index (χ2n) is 21.5. The smallest absolute Gasteiger partial charge is 0.446 e. The average molecular weight is 1560 g/mol. The summed E-state index contributed by atoms with van der Waals surface area (Å²) in [6, 6.07) is 71.8. The molecule has 10 aromatic heterocycles. The predicted octanol–water partition coefficient (Wildman–Crippen LogP) is 16.6. The van der Waals surface area contributed by atoms with Crippen molar-refractivity contribution >= 4 is 65.7 Å². The van der Waals surface area contributed by atoms with Crippen molar-refractivity contribution in [1.82, 2.24) is 58.1 Å². The van der Waals surface area contributed by atoms with Crippen molar-refractivity contribution in [2.45, 2.75) is 0 Å². The summed E-state index contributed by atoms with van der Waals surface area (Å²) in [4.78, 5) is 36.6. The summed E-state index contributed by atoms with van der Waals surface area (Å²) < 4.78 is 31.0. The molecule has 0 radical (unpaired) electrons. The molecule has 0 fully saturated rings. The summed E-state index contributed by atoms with van der Waals surface area (Å²) in [5.74, 6) is 3.85. The Labute approximate surface area is 552 Å². The Hall–Kier alpha value is -11.2. The van der Waals surface area contributed by atoms with E-state index < -0.39 is 0 Å². The molecule has 10 heterocycles.